The molecule has 0 aliphatic rings. The van der Waals surface area contributed by atoms with Crippen LogP contribution in [0.1, 0.15) is 32.2 Å². The number of hydrogen-bond donors (Lipinski definition) is 2. The van der Waals surface area contributed by atoms with Crippen molar-refractivity contribution in [1.29, 1.82) is 0 Å². The number of carbonyl (C=O) groups is 2. The standard InChI is InChI=1S/C17H15N3O4/c1-10-5-6-12(11(2)8-10)18-15(21)13-9-24-17(19-13)20-16(22)14-4-3-7-23-14/h3-9H,1-2H3,(H,18,21)(H,19,20,22). The van der Waals surface area contributed by atoms with Gasteiger partial charge in [-0.15, -0.1) is 0 Å². The van der Waals surface area contributed by atoms with Crippen LogP contribution in [0.15, 0.2) is 51.7 Å². The fourth-order valence-electron chi connectivity index (χ4n) is 2.14. The molecular formula is C17H15N3O4. The Kier molecular flexibility index (Phi) is 4.15. The van der Waals surface area contributed by atoms with Crippen molar-refractivity contribution in [1.82, 2.24) is 4.98 Å². The number of benzene rings is 1. The van der Waals surface area contributed by atoms with E-state index in [2.05, 4.69) is 15.6 Å². The van der Waals surface area contributed by atoms with Crippen molar-refractivity contribution in [3.05, 3.63) is 65.4 Å². The average Bonchev–Trinajstić information content (AvgIpc) is 3.21. The lowest BCUT2D eigenvalue weighted by Crippen LogP contribution is -2.14. The maximum Gasteiger partial charge on any atom is 0.302 e. The Balaban J connectivity index is 1.68. The van der Waals surface area contributed by atoms with Crippen LogP contribution in [0.25, 0.3) is 0 Å². The summed E-state index contributed by atoms with van der Waals surface area (Å²) in [6.45, 7) is 3.88. The van der Waals surface area contributed by atoms with Crippen LogP contribution < -0.4 is 10.6 Å². The Labute approximate surface area is 137 Å². The molecule has 0 unspecified atom stereocenters. The molecule has 3 rings (SSSR count). The molecule has 122 valence electrons. The predicted octanol–water partition coefficient (Wildman–Crippen LogP) is 3.39. The maximum absolute atomic E-state index is 12.2. The topological polar surface area (TPSA) is 97.4 Å². The molecule has 0 aliphatic carbocycles. The lowest BCUT2D eigenvalue weighted by Gasteiger charge is -2.07. The van der Waals surface area contributed by atoms with Crippen molar-refractivity contribution < 1.29 is 18.4 Å². The van der Waals surface area contributed by atoms with Gasteiger partial charge in [0.2, 0.25) is 0 Å². The second-order valence-electron chi connectivity index (χ2n) is 5.24. The normalized spacial score (nSPS) is 10.4. The SMILES string of the molecule is Cc1ccc(NC(=O)c2coc(NC(=O)c3ccco3)n2)c(C)c1. The molecule has 0 saturated heterocycles. The first-order valence-corrected chi connectivity index (χ1v) is 7.22. The minimum absolute atomic E-state index is 0.0599. The Hall–Kier alpha value is -3.35. The first-order chi connectivity index (χ1) is 11.5. The van der Waals surface area contributed by atoms with E-state index in [4.69, 9.17) is 8.83 Å². The number of rotatable bonds is 4. The number of aryl methyl sites for hydroxylation is 2. The third-order valence-corrected chi connectivity index (χ3v) is 3.33. The summed E-state index contributed by atoms with van der Waals surface area (Å²) in [5, 5.41) is 5.17. The summed E-state index contributed by atoms with van der Waals surface area (Å²) in [6, 6.07) is 8.71. The van der Waals surface area contributed by atoms with Gasteiger partial charge in [0.15, 0.2) is 11.5 Å². The van der Waals surface area contributed by atoms with Gasteiger partial charge in [-0.1, -0.05) is 17.7 Å². The molecule has 0 spiro atoms. The van der Waals surface area contributed by atoms with Crippen molar-refractivity contribution in [3.8, 4) is 0 Å². The first kappa shape index (κ1) is 15.5. The third kappa shape index (κ3) is 3.35. The van der Waals surface area contributed by atoms with Crippen LogP contribution in [-0.4, -0.2) is 16.8 Å². The number of aromatic nitrogens is 1. The van der Waals surface area contributed by atoms with Crippen LogP contribution in [0.4, 0.5) is 11.7 Å². The molecule has 2 N–H and O–H groups in total. The van der Waals surface area contributed by atoms with E-state index in [1.54, 1.807) is 6.07 Å². The molecule has 24 heavy (non-hydrogen) atoms. The Bertz CT molecular complexity index is 881. The third-order valence-electron chi connectivity index (χ3n) is 3.33. The lowest BCUT2D eigenvalue weighted by molar-refractivity contribution is 0.0990. The minimum atomic E-state index is -0.511. The number of amides is 2. The molecule has 1 aromatic carbocycles. The molecule has 7 heteroatoms. The molecule has 2 amide bonds. The van der Waals surface area contributed by atoms with Crippen LogP contribution in [0, 0.1) is 13.8 Å². The Morgan fingerprint density at radius 3 is 2.58 bits per heavy atom. The van der Waals surface area contributed by atoms with Crippen LogP contribution in [-0.2, 0) is 0 Å². The van der Waals surface area contributed by atoms with Gasteiger partial charge in [0.05, 0.1) is 6.26 Å². The van der Waals surface area contributed by atoms with Crippen molar-refractivity contribution in [3.63, 3.8) is 0 Å². The van der Waals surface area contributed by atoms with Crippen LogP contribution >= 0.6 is 0 Å². The Morgan fingerprint density at radius 1 is 1.04 bits per heavy atom. The summed E-state index contributed by atoms with van der Waals surface area (Å²) in [5.74, 6) is -0.818. The van der Waals surface area contributed by atoms with Crippen molar-refractivity contribution >= 4 is 23.5 Å². The molecule has 0 saturated carbocycles. The summed E-state index contributed by atoms with van der Waals surface area (Å²) in [6.07, 6.45) is 2.56. The smallest absolute Gasteiger partial charge is 0.302 e. The van der Waals surface area contributed by atoms with E-state index in [1.807, 2.05) is 32.0 Å². The number of carbonyl (C=O) groups excluding carboxylic acids is 2. The molecule has 3 aromatic rings. The molecule has 0 aliphatic heterocycles. The van der Waals surface area contributed by atoms with Gasteiger partial charge in [0.25, 0.3) is 11.8 Å². The summed E-state index contributed by atoms with van der Waals surface area (Å²) in [5.41, 5.74) is 2.80. The molecule has 0 bridgehead atoms. The van der Waals surface area contributed by atoms with E-state index < -0.39 is 11.8 Å². The van der Waals surface area contributed by atoms with Gasteiger partial charge in [0.1, 0.15) is 6.26 Å². The highest BCUT2D eigenvalue weighted by Gasteiger charge is 2.16. The molecule has 7 nitrogen and oxygen atoms in total. The van der Waals surface area contributed by atoms with E-state index in [-0.39, 0.29) is 17.5 Å². The van der Waals surface area contributed by atoms with Crippen LogP contribution in [0.2, 0.25) is 0 Å². The maximum atomic E-state index is 12.2. The average molecular weight is 325 g/mol. The van der Waals surface area contributed by atoms with Gasteiger partial charge < -0.3 is 14.2 Å². The zero-order valence-electron chi connectivity index (χ0n) is 13.1. The van der Waals surface area contributed by atoms with Gasteiger partial charge in [-0.2, -0.15) is 4.98 Å². The zero-order chi connectivity index (χ0) is 17.1. The number of hydrogen-bond acceptors (Lipinski definition) is 5. The van der Waals surface area contributed by atoms with E-state index in [0.717, 1.165) is 11.1 Å². The zero-order valence-corrected chi connectivity index (χ0v) is 13.1. The minimum Gasteiger partial charge on any atom is -0.459 e. The molecule has 0 fully saturated rings. The van der Waals surface area contributed by atoms with Gasteiger partial charge in [-0.05, 0) is 37.6 Å². The molecule has 2 aromatic heterocycles. The van der Waals surface area contributed by atoms with Crippen molar-refractivity contribution in [2.24, 2.45) is 0 Å². The number of oxazole rings is 1. The second kappa shape index (κ2) is 6.41. The highest BCUT2D eigenvalue weighted by molar-refractivity contribution is 6.04. The fourth-order valence-corrected chi connectivity index (χ4v) is 2.14. The Morgan fingerprint density at radius 2 is 1.88 bits per heavy atom. The molecular weight excluding hydrogens is 310 g/mol. The summed E-state index contributed by atoms with van der Waals surface area (Å²) in [4.78, 5) is 28.0. The second-order valence-corrected chi connectivity index (χ2v) is 5.24. The first-order valence-electron chi connectivity index (χ1n) is 7.22. The largest absolute Gasteiger partial charge is 0.459 e. The highest BCUT2D eigenvalue weighted by Crippen LogP contribution is 2.18. The van der Waals surface area contributed by atoms with Crippen LogP contribution in [0.5, 0.6) is 0 Å². The van der Waals surface area contributed by atoms with Crippen LogP contribution in [0.3, 0.4) is 0 Å². The predicted molar refractivity (Wildman–Crippen MR) is 87.0 cm³/mol. The van der Waals surface area contributed by atoms with Gasteiger partial charge in [0, 0.05) is 5.69 Å². The van der Waals surface area contributed by atoms with Gasteiger partial charge in [-0.3, -0.25) is 14.9 Å². The summed E-state index contributed by atoms with van der Waals surface area (Å²) >= 11 is 0. The molecule has 0 radical (unpaired) electrons. The molecule has 2 heterocycles. The number of nitrogens with zero attached hydrogens (tertiary/aromatic N) is 1. The summed E-state index contributed by atoms with van der Waals surface area (Å²) < 4.78 is 10.1. The van der Waals surface area contributed by atoms with E-state index >= 15 is 0 Å². The van der Waals surface area contributed by atoms with Gasteiger partial charge in [-0.25, -0.2) is 0 Å². The van der Waals surface area contributed by atoms with Crippen molar-refractivity contribution in [2.45, 2.75) is 13.8 Å². The monoisotopic (exact) mass is 325 g/mol. The van der Waals surface area contributed by atoms with Crippen molar-refractivity contribution in [2.75, 3.05) is 10.6 Å². The fraction of sp³-hybridized carbons (Fsp3) is 0.118. The van der Waals surface area contributed by atoms with Gasteiger partial charge >= 0.3 is 6.01 Å². The quantitative estimate of drug-likeness (QED) is 0.766. The number of nitrogens with one attached hydrogen (secondary N) is 2. The number of furan rings is 1. The lowest BCUT2D eigenvalue weighted by atomic mass is 10.1. The van der Waals surface area contributed by atoms with E-state index in [9.17, 15) is 9.59 Å². The van der Waals surface area contributed by atoms with E-state index in [1.165, 1.54) is 18.6 Å². The van der Waals surface area contributed by atoms with E-state index in [0.29, 0.717) is 5.69 Å². The number of anilines is 2. The summed E-state index contributed by atoms with van der Waals surface area (Å²) in [7, 11) is 0. The molecule has 0 atom stereocenters. The highest BCUT2D eigenvalue weighted by atomic mass is 16.4.